The molecule has 1 atom stereocenters. The normalized spacial score (nSPS) is 33.8. The van der Waals surface area contributed by atoms with Gasteiger partial charge in [0, 0.05) is 37.2 Å². The first-order valence-corrected chi connectivity index (χ1v) is 9.85. The predicted molar refractivity (Wildman–Crippen MR) is 99.1 cm³/mol. The molecule has 3 fully saturated rings. The Morgan fingerprint density at radius 2 is 1.96 bits per heavy atom. The Morgan fingerprint density at radius 3 is 2.68 bits per heavy atom. The highest BCUT2D eigenvalue weighted by atomic mass is 16.5. The minimum absolute atomic E-state index is 0.0550. The molecule has 1 aliphatic carbocycles. The molecule has 138 valence electrons. The Balaban J connectivity index is 1.40. The average Bonchev–Trinajstić information content (AvgIpc) is 3.05. The van der Waals surface area contributed by atoms with Crippen LogP contribution in [0.3, 0.4) is 0 Å². The fourth-order valence-electron chi connectivity index (χ4n) is 5.15. The molecule has 2 saturated heterocycles. The smallest absolute Gasteiger partial charge is 0.213 e. The highest BCUT2D eigenvalue weighted by molar-refractivity contribution is 5.46. The Hall–Kier alpha value is -1.33. The molecule has 2 aliphatic heterocycles. The van der Waals surface area contributed by atoms with Crippen LogP contribution in [0.4, 0.5) is 5.69 Å². The first-order valence-electron chi connectivity index (χ1n) is 9.85. The fourth-order valence-corrected chi connectivity index (χ4v) is 5.15. The largest absolute Gasteiger partial charge is 0.481 e. The number of hydrogen-bond acceptors (Lipinski definition) is 5. The molecule has 1 aromatic rings. The second-order valence-electron chi connectivity index (χ2n) is 8.27. The number of aliphatic hydroxyl groups excluding tert-OH is 1. The van der Waals surface area contributed by atoms with Crippen LogP contribution in [-0.4, -0.2) is 60.4 Å². The maximum atomic E-state index is 9.77. The number of methoxy groups -OCH3 is 1. The molecule has 0 bridgehead atoms. The van der Waals surface area contributed by atoms with Crippen LogP contribution < -0.4 is 9.64 Å². The monoisotopic (exact) mass is 345 g/mol. The number of nitrogens with zero attached hydrogens (tertiary/aromatic N) is 3. The van der Waals surface area contributed by atoms with Crippen molar-refractivity contribution in [2.75, 3.05) is 38.2 Å². The van der Waals surface area contributed by atoms with E-state index in [2.05, 4.69) is 20.9 Å². The molecule has 25 heavy (non-hydrogen) atoms. The van der Waals surface area contributed by atoms with E-state index in [0.29, 0.717) is 17.3 Å². The number of rotatable bonds is 3. The van der Waals surface area contributed by atoms with Crippen molar-refractivity contribution in [2.24, 2.45) is 5.41 Å². The van der Waals surface area contributed by atoms with Gasteiger partial charge in [-0.2, -0.15) is 0 Å². The molecular weight excluding hydrogens is 314 g/mol. The van der Waals surface area contributed by atoms with E-state index >= 15 is 0 Å². The Kier molecular flexibility index (Phi) is 4.87. The van der Waals surface area contributed by atoms with E-state index < -0.39 is 0 Å². The van der Waals surface area contributed by atoms with Gasteiger partial charge in [0.2, 0.25) is 5.88 Å². The zero-order chi connectivity index (χ0) is 17.3. The fraction of sp³-hybridized carbons (Fsp3) is 0.750. The minimum atomic E-state index is -0.0550. The van der Waals surface area contributed by atoms with Crippen molar-refractivity contribution in [1.82, 2.24) is 9.88 Å². The summed E-state index contributed by atoms with van der Waals surface area (Å²) in [4.78, 5) is 9.63. The molecule has 0 unspecified atom stereocenters. The van der Waals surface area contributed by atoms with E-state index in [1.165, 1.54) is 50.9 Å². The molecular formula is C20H31N3O2. The first kappa shape index (κ1) is 17.1. The van der Waals surface area contributed by atoms with E-state index in [1.807, 2.05) is 12.3 Å². The van der Waals surface area contributed by atoms with Gasteiger partial charge in [-0.1, -0.05) is 0 Å². The first-order chi connectivity index (χ1) is 12.2. The summed E-state index contributed by atoms with van der Waals surface area (Å²) in [6.07, 6.45) is 10.1. The molecule has 0 radical (unpaired) electrons. The summed E-state index contributed by atoms with van der Waals surface area (Å²) in [5.74, 6) is 0.682. The number of ether oxygens (including phenoxy) is 1. The van der Waals surface area contributed by atoms with Crippen LogP contribution in [0.1, 0.15) is 44.9 Å². The van der Waals surface area contributed by atoms with Gasteiger partial charge in [-0.15, -0.1) is 0 Å². The van der Waals surface area contributed by atoms with Crippen LogP contribution >= 0.6 is 0 Å². The van der Waals surface area contributed by atoms with Gasteiger partial charge in [0.05, 0.1) is 25.1 Å². The van der Waals surface area contributed by atoms with Crippen LogP contribution in [0.15, 0.2) is 18.3 Å². The van der Waals surface area contributed by atoms with Gasteiger partial charge >= 0.3 is 0 Å². The van der Waals surface area contributed by atoms with Crippen molar-refractivity contribution in [3.8, 4) is 5.88 Å². The van der Waals surface area contributed by atoms with Gasteiger partial charge in [-0.05, 0) is 57.6 Å². The lowest BCUT2D eigenvalue weighted by atomic mass is 9.79. The molecule has 0 aromatic carbocycles. The van der Waals surface area contributed by atoms with Crippen molar-refractivity contribution < 1.29 is 9.84 Å². The number of aliphatic hydroxyl groups is 1. The van der Waals surface area contributed by atoms with E-state index in [9.17, 15) is 5.11 Å². The topological polar surface area (TPSA) is 48.8 Å². The molecule has 4 rings (SSSR count). The van der Waals surface area contributed by atoms with Gasteiger partial charge in [0.25, 0.3) is 0 Å². The number of hydrogen-bond donors (Lipinski definition) is 1. The predicted octanol–water partition coefficient (Wildman–Crippen LogP) is 2.69. The summed E-state index contributed by atoms with van der Waals surface area (Å²) < 4.78 is 5.18. The summed E-state index contributed by atoms with van der Waals surface area (Å²) in [5, 5.41) is 9.77. The summed E-state index contributed by atoms with van der Waals surface area (Å²) in [7, 11) is 1.66. The Morgan fingerprint density at radius 1 is 1.12 bits per heavy atom. The molecule has 5 heteroatoms. The summed E-state index contributed by atoms with van der Waals surface area (Å²) in [6, 6.07) is 4.80. The van der Waals surface area contributed by atoms with E-state index in [0.717, 1.165) is 25.9 Å². The van der Waals surface area contributed by atoms with Crippen LogP contribution in [-0.2, 0) is 0 Å². The number of anilines is 1. The molecule has 5 nitrogen and oxygen atoms in total. The summed E-state index contributed by atoms with van der Waals surface area (Å²) >= 11 is 0. The SMILES string of the molecule is COc1ccc(N2CCC[C@]3(CCN(C4CCC(O)CC4)C3)C2)cn1. The van der Waals surface area contributed by atoms with Crippen molar-refractivity contribution in [1.29, 1.82) is 0 Å². The van der Waals surface area contributed by atoms with Gasteiger partial charge < -0.3 is 14.7 Å². The van der Waals surface area contributed by atoms with Crippen LogP contribution in [0.25, 0.3) is 0 Å². The zero-order valence-corrected chi connectivity index (χ0v) is 15.4. The lowest BCUT2D eigenvalue weighted by Crippen LogP contribution is -2.46. The third-order valence-electron chi connectivity index (χ3n) is 6.61. The van der Waals surface area contributed by atoms with E-state index in [1.54, 1.807) is 7.11 Å². The third kappa shape index (κ3) is 3.63. The maximum absolute atomic E-state index is 9.77. The minimum Gasteiger partial charge on any atom is -0.481 e. The second-order valence-corrected chi connectivity index (χ2v) is 8.27. The summed E-state index contributed by atoms with van der Waals surface area (Å²) in [5.41, 5.74) is 1.66. The molecule has 3 heterocycles. The molecule has 1 N–H and O–H groups in total. The van der Waals surface area contributed by atoms with Gasteiger partial charge in [-0.3, -0.25) is 4.90 Å². The molecule has 1 aromatic heterocycles. The van der Waals surface area contributed by atoms with E-state index in [-0.39, 0.29) is 6.10 Å². The third-order valence-corrected chi connectivity index (χ3v) is 6.61. The second kappa shape index (κ2) is 7.12. The molecule has 0 amide bonds. The Bertz CT molecular complexity index is 571. The lowest BCUT2D eigenvalue weighted by molar-refractivity contribution is 0.0770. The van der Waals surface area contributed by atoms with Crippen LogP contribution in [0, 0.1) is 5.41 Å². The van der Waals surface area contributed by atoms with Crippen LogP contribution in [0.5, 0.6) is 5.88 Å². The number of pyridine rings is 1. The van der Waals surface area contributed by atoms with E-state index in [4.69, 9.17) is 4.74 Å². The van der Waals surface area contributed by atoms with Crippen LogP contribution in [0.2, 0.25) is 0 Å². The van der Waals surface area contributed by atoms with Crippen molar-refractivity contribution in [3.63, 3.8) is 0 Å². The van der Waals surface area contributed by atoms with Crippen molar-refractivity contribution in [2.45, 2.75) is 57.1 Å². The van der Waals surface area contributed by atoms with Gasteiger partial charge in [-0.25, -0.2) is 4.98 Å². The molecule has 1 spiro atoms. The lowest BCUT2D eigenvalue weighted by Gasteiger charge is -2.42. The van der Waals surface area contributed by atoms with Gasteiger partial charge in [0.1, 0.15) is 0 Å². The van der Waals surface area contributed by atoms with Gasteiger partial charge in [0.15, 0.2) is 0 Å². The highest BCUT2D eigenvalue weighted by Crippen LogP contribution is 2.42. The standard InChI is InChI=1S/C20H31N3O2/c1-25-19-8-5-17(13-21-19)22-11-2-9-20(14-22)10-12-23(15-20)16-3-6-18(24)7-4-16/h5,8,13,16,18,24H,2-4,6-7,9-12,14-15H2,1H3/t16?,18?,20-/m0/s1. The number of aromatic nitrogens is 1. The number of piperidine rings is 1. The van der Waals surface area contributed by atoms with Crippen molar-refractivity contribution in [3.05, 3.63) is 18.3 Å². The number of likely N-dealkylation sites (tertiary alicyclic amines) is 1. The van der Waals surface area contributed by atoms with Crippen molar-refractivity contribution >= 4 is 5.69 Å². The quantitative estimate of drug-likeness (QED) is 0.913. The Labute approximate surface area is 151 Å². The zero-order valence-electron chi connectivity index (χ0n) is 15.4. The highest BCUT2D eigenvalue weighted by Gasteiger charge is 2.43. The summed E-state index contributed by atoms with van der Waals surface area (Å²) in [6.45, 7) is 4.74. The molecule has 3 aliphatic rings. The average molecular weight is 345 g/mol. The maximum Gasteiger partial charge on any atom is 0.213 e. The molecule has 1 saturated carbocycles.